The molecule has 0 fully saturated rings. The lowest BCUT2D eigenvalue weighted by atomic mass is 10.4. The highest BCUT2D eigenvalue weighted by Crippen LogP contribution is 2.25. The van der Waals surface area contributed by atoms with Gasteiger partial charge >= 0.3 is 0 Å². The average Bonchev–Trinajstić information content (AvgIpc) is 2.67. The zero-order valence-corrected chi connectivity index (χ0v) is 12.3. The second-order valence-electron chi connectivity index (χ2n) is 3.54. The van der Waals surface area contributed by atoms with E-state index in [1.165, 1.54) is 17.4 Å². The molecule has 1 aromatic heterocycles. The Morgan fingerprint density at radius 2 is 2.24 bits per heavy atom. The van der Waals surface area contributed by atoms with Gasteiger partial charge in [-0.25, -0.2) is 13.1 Å². The van der Waals surface area contributed by atoms with Crippen LogP contribution in [-0.4, -0.2) is 32.1 Å². The molecule has 0 saturated carbocycles. The number of thiophene rings is 1. The lowest BCUT2D eigenvalue weighted by molar-refractivity contribution is 0.285. The van der Waals surface area contributed by atoms with Crippen LogP contribution in [0.15, 0.2) is 11.0 Å². The van der Waals surface area contributed by atoms with Gasteiger partial charge in [0, 0.05) is 16.3 Å². The van der Waals surface area contributed by atoms with E-state index < -0.39 is 10.0 Å². The second-order valence-corrected chi connectivity index (χ2v) is 7.60. The fraction of sp³-hybridized carbons (Fsp3) is 0.600. The summed E-state index contributed by atoms with van der Waals surface area (Å²) in [6, 6.07) is 1.54. The molecule has 1 rings (SSSR count). The summed E-state index contributed by atoms with van der Waals surface area (Å²) in [6.45, 7) is 2.08. The number of rotatable bonds is 7. The first kappa shape index (κ1) is 15.0. The van der Waals surface area contributed by atoms with Gasteiger partial charge in [0.2, 0.25) is 10.0 Å². The summed E-state index contributed by atoms with van der Waals surface area (Å²) < 4.78 is 26.5. The van der Waals surface area contributed by atoms with Crippen molar-refractivity contribution in [3.63, 3.8) is 0 Å². The van der Waals surface area contributed by atoms with Crippen molar-refractivity contribution in [1.29, 1.82) is 0 Å². The van der Waals surface area contributed by atoms with Crippen LogP contribution in [0.1, 0.15) is 16.2 Å². The fourth-order valence-electron chi connectivity index (χ4n) is 1.37. The standard InChI is InChI=1S/C10H17NO3S3/c1-8-10(6-9(7-12)16-8)17(13,14)11-4-3-5-15-2/h6,11-12H,3-5,7H2,1-2H3. The molecule has 0 atom stereocenters. The van der Waals surface area contributed by atoms with Gasteiger partial charge in [-0.3, -0.25) is 0 Å². The van der Waals surface area contributed by atoms with E-state index >= 15 is 0 Å². The molecular weight excluding hydrogens is 278 g/mol. The SMILES string of the molecule is CSCCCNS(=O)(=O)c1cc(CO)sc1C. The van der Waals surface area contributed by atoms with Gasteiger partial charge in [0.25, 0.3) is 0 Å². The van der Waals surface area contributed by atoms with E-state index in [1.807, 2.05) is 6.26 Å². The quantitative estimate of drug-likeness (QED) is 0.750. The first-order valence-corrected chi connectivity index (χ1v) is 8.89. The van der Waals surface area contributed by atoms with E-state index in [4.69, 9.17) is 5.11 Å². The first-order valence-electron chi connectivity index (χ1n) is 5.20. The largest absolute Gasteiger partial charge is 0.391 e. The summed E-state index contributed by atoms with van der Waals surface area (Å²) in [4.78, 5) is 1.68. The molecule has 0 aromatic carbocycles. The molecule has 0 unspecified atom stereocenters. The number of thioether (sulfide) groups is 1. The van der Waals surface area contributed by atoms with Crippen LogP contribution < -0.4 is 4.72 Å². The summed E-state index contributed by atoms with van der Waals surface area (Å²) in [5.41, 5.74) is 0. The maximum atomic E-state index is 12.0. The number of aliphatic hydroxyl groups excluding tert-OH is 1. The molecule has 0 aliphatic rings. The number of sulfonamides is 1. The average molecular weight is 295 g/mol. The third-order valence-electron chi connectivity index (χ3n) is 2.19. The Hall–Kier alpha value is -0.0800. The normalized spacial score (nSPS) is 11.9. The van der Waals surface area contributed by atoms with Crippen molar-refractivity contribution in [2.24, 2.45) is 0 Å². The van der Waals surface area contributed by atoms with Gasteiger partial charge in [-0.1, -0.05) is 0 Å². The summed E-state index contributed by atoms with van der Waals surface area (Å²) in [7, 11) is -3.42. The van der Waals surface area contributed by atoms with Gasteiger partial charge in [0.15, 0.2) is 0 Å². The molecule has 1 aromatic rings. The number of aryl methyl sites for hydroxylation is 1. The van der Waals surface area contributed by atoms with Gasteiger partial charge in [-0.2, -0.15) is 11.8 Å². The topological polar surface area (TPSA) is 66.4 Å². The van der Waals surface area contributed by atoms with E-state index in [0.29, 0.717) is 16.3 Å². The van der Waals surface area contributed by atoms with E-state index in [1.54, 1.807) is 18.7 Å². The lowest BCUT2D eigenvalue weighted by Crippen LogP contribution is -2.25. The van der Waals surface area contributed by atoms with Gasteiger partial charge < -0.3 is 5.11 Å². The van der Waals surface area contributed by atoms with Crippen LogP contribution in [-0.2, 0) is 16.6 Å². The zero-order valence-electron chi connectivity index (χ0n) is 9.89. The Morgan fingerprint density at radius 1 is 1.53 bits per heavy atom. The van der Waals surface area contributed by atoms with Gasteiger partial charge in [-0.05, 0) is 31.4 Å². The molecule has 7 heteroatoms. The minimum atomic E-state index is -3.42. The molecular formula is C10H17NO3S3. The Balaban J connectivity index is 2.72. The highest BCUT2D eigenvalue weighted by molar-refractivity contribution is 7.98. The van der Waals surface area contributed by atoms with Crippen LogP contribution in [0.4, 0.5) is 0 Å². The number of nitrogens with one attached hydrogen (secondary N) is 1. The summed E-state index contributed by atoms with van der Waals surface area (Å²) in [5.74, 6) is 0.938. The number of aliphatic hydroxyl groups is 1. The molecule has 0 radical (unpaired) electrons. The van der Waals surface area contributed by atoms with Gasteiger partial charge in [0.05, 0.1) is 11.5 Å². The van der Waals surface area contributed by atoms with Crippen LogP contribution in [0.5, 0.6) is 0 Å². The van der Waals surface area contributed by atoms with Crippen molar-refractivity contribution < 1.29 is 13.5 Å². The molecule has 0 saturated heterocycles. The monoisotopic (exact) mass is 295 g/mol. The molecule has 0 aliphatic heterocycles. The fourth-order valence-corrected chi connectivity index (χ4v) is 4.37. The van der Waals surface area contributed by atoms with Crippen LogP contribution in [0.3, 0.4) is 0 Å². The van der Waals surface area contributed by atoms with Crippen molar-refractivity contribution in [2.45, 2.75) is 24.8 Å². The van der Waals surface area contributed by atoms with Gasteiger partial charge in [0.1, 0.15) is 0 Å². The predicted molar refractivity (Wildman–Crippen MR) is 73.2 cm³/mol. The summed E-state index contributed by atoms with van der Waals surface area (Å²) in [6.07, 6.45) is 2.81. The Morgan fingerprint density at radius 3 is 2.76 bits per heavy atom. The van der Waals surface area contributed by atoms with Gasteiger partial charge in [-0.15, -0.1) is 11.3 Å². The molecule has 98 valence electrons. The van der Waals surface area contributed by atoms with Crippen LogP contribution in [0.25, 0.3) is 0 Å². The minimum Gasteiger partial charge on any atom is -0.391 e. The molecule has 1 heterocycles. The molecule has 17 heavy (non-hydrogen) atoms. The molecule has 0 bridgehead atoms. The second kappa shape index (κ2) is 6.75. The van der Waals surface area contributed by atoms with Crippen molar-refractivity contribution >= 4 is 33.1 Å². The molecule has 0 amide bonds. The van der Waals surface area contributed by atoms with E-state index in [-0.39, 0.29) is 11.5 Å². The third-order valence-corrected chi connectivity index (χ3v) is 5.63. The van der Waals surface area contributed by atoms with Crippen molar-refractivity contribution in [3.05, 3.63) is 15.8 Å². The molecule has 0 aliphatic carbocycles. The molecule has 0 spiro atoms. The van der Waals surface area contributed by atoms with E-state index in [0.717, 1.165) is 12.2 Å². The Labute approximate surface area is 110 Å². The van der Waals surface area contributed by atoms with Crippen LogP contribution in [0, 0.1) is 6.92 Å². The highest BCUT2D eigenvalue weighted by atomic mass is 32.2. The predicted octanol–water partition coefficient (Wildman–Crippen LogP) is 1.58. The Bertz CT molecular complexity index is 453. The molecule has 4 nitrogen and oxygen atoms in total. The third kappa shape index (κ3) is 4.26. The number of hydrogen-bond acceptors (Lipinski definition) is 5. The lowest BCUT2D eigenvalue weighted by Gasteiger charge is -2.05. The highest BCUT2D eigenvalue weighted by Gasteiger charge is 2.18. The van der Waals surface area contributed by atoms with Crippen LogP contribution in [0.2, 0.25) is 0 Å². The van der Waals surface area contributed by atoms with Crippen molar-refractivity contribution in [1.82, 2.24) is 4.72 Å². The minimum absolute atomic E-state index is 0.118. The van der Waals surface area contributed by atoms with E-state index in [9.17, 15) is 8.42 Å². The van der Waals surface area contributed by atoms with Crippen LogP contribution >= 0.6 is 23.1 Å². The summed E-state index contributed by atoms with van der Waals surface area (Å²) in [5, 5.41) is 8.98. The summed E-state index contributed by atoms with van der Waals surface area (Å²) >= 11 is 3.00. The van der Waals surface area contributed by atoms with Crippen molar-refractivity contribution in [2.75, 3.05) is 18.6 Å². The Kier molecular flexibility index (Phi) is 5.94. The first-order chi connectivity index (χ1) is 8.01. The maximum absolute atomic E-state index is 12.0. The maximum Gasteiger partial charge on any atom is 0.241 e. The molecule has 2 N–H and O–H groups in total. The zero-order chi connectivity index (χ0) is 12.9. The van der Waals surface area contributed by atoms with Crippen molar-refractivity contribution in [3.8, 4) is 0 Å². The smallest absolute Gasteiger partial charge is 0.241 e. The number of hydrogen-bond donors (Lipinski definition) is 2. The van der Waals surface area contributed by atoms with E-state index in [2.05, 4.69) is 4.72 Å².